The molecule has 1 rings (SSSR count). The van der Waals surface area contributed by atoms with Crippen LogP contribution in [0.25, 0.3) is 0 Å². The van der Waals surface area contributed by atoms with Gasteiger partial charge in [0.15, 0.2) is 6.29 Å². The van der Waals surface area contributed by atoms with E-state index >= 15 is 0 Å². The van der Waals surface area contributed by atoms with Gasteiger partial charge in [-0.05, 0) is 31.1 Å². The Morgan fingerprint density at radius 2 is 2.00 bits per heavy atom. The van der Waals surface area contributed by atoms with Gasteiger partial charge in [0.25, 0.3) is 0 Å². The molecule has 0 aromatic carbocycles. The molecule has 3 N–H and O–H groups in total. The second kappa shape index (κ2) is 11.8. The smallest absolute Gasteiger partial charge is 0.217 e. The number of aliphatic hydroxyl groups excluding tert-OH is 2. The minimum absolute atomic E-state index is 0.130. The highest BCUT2D eigenvalue weighted by Crippen LogP contribution is 2.27. The van der Waals surface area contributed by atoms with Crippen LogP contribution < -0.4 is 5.32 Å². The van der Waals surface area contributed by atoms with E-state index in [1.54, 1.807) is 0 Å². The highest BCUT2D eigenvalue weighted by Gasteiger charge is 2.34. The molecule has 0 bridgehead atoms. The van der Waals surface area contributed by atoms with Crippen LogP contribution in [-0.4, -0.2) is 54.4 Å². The lowest BCUT2D eigenvalue weighted by Crippen LogP contribution is -2.50. The standard InChI is InChI=1S/C18H35NO5/c1-4-15-12-24-18(23-10-8-6-5-7-9-20)16(19-14(3)21)11-17(22)13(15)2/h13,15-18,20,22H,4-12H2,1-3H3,(H,19,21)/t13-,15?,16?,17?,18?/m0/s1. The molecule has 0 radical (unpaired) electrons. The van der Waals surface area contributed by atoms with E-state index in [-0.39, 0.29) is 30.4 Å². The average Bonchev–Trinajstić information content (AvgIpc) is 2.54. The lowest BCUT2D eigenvalue weighted by Gasteiger charge is -2.37. The molecule has 0 aromatic heterocycles. The zero-order valence-electron chi connectivity index (χ0n) is 15.4. The van der Waals surface area contributed by atoms with Gasteiger partial charge in [-0.15, -0.1) is 0 Å². The molecule has 1 fully saturated rings. The van der Waals surface area contributed by atoms with Crippen LogP contribution in [0.1, 0.15) is 59.3 Å². The van der Waals surface area contributed by atoms with Crippen molar-refractivity contribution in [3.8, 4) is 0 Å². The molecule has 0 spiro atoms. The first kappa shape index (κ1) is 21.4. The third-order valence-electron chi connectivity index (χ3n) is 4.90. The molecular weight excluding hydrogens is 310 g/mol. The van der Waals surface area contributed by atoms with Gasteiger partial charge in [-0.1, -0.05) is 33.1 Å². The third-order valence-corrected chi connectivity index (χ3v) is 4.90. The van der Waals surface area contributed by atoms with Crippen molar-refractivity contribution in [2.45, 2.75) is 77.7 Å². The molecule has 0 saturated carbocycles. The summed E-state index contributed by atoms with van der Waals surface area (Å²) in [6, 6.07) is -0.338. The molecule has 0 aromatic rings. The van der Waals surface area contributed by atoms with Gasteiger partial charge < -0.3 is 25.0 Å². The molecule has 0 aliphatic carbocycles. The fraction of sp³-hybridized carbons (Fsp3) is 0.944. The van der Waals surface area contributed by atoms with Crippen LogP contribution in [0.3, 0.4) is 0 Å². The second-order valence-corrected chi connectivity index (χ2v) is 6.85. The fourth-order valence-electron chi connectivity index (χ4n) is 3.20. The average molecular weight is 345 g/mol. The van der Waals surface area contributed by atoms with E-state index in [4.69, 9.17) is 14.6 Å². The van der Waals surface area contributed by atoms with Crippen molar-refractivity contribution in [2.24, 2.45) is 11.8 Å². The first-order valence-corrected chi connectivity index (χ1v) is 9.28. The van der Waals surface area contributed by atoms with Gasteiger partial charge in [0.05, 0.1) is 18.8 Å². The maximum absolute atomic E-state index is 11.5. The number of carbonyl (C=O) groups excluding carboxylic acids is 1. The highest BCUT2D eigenvalue weighted by atomic mass is 16.7. The molecule has 142 valence electrons. The number of rotatable bonds is 9. The highest BCUT2D eigenvalue weighted by molar-refractivity contribution is 5.73. The predicted molar refractivity (Wildman–Crippen MR) is 92.4 cm³/mol. The van der Waals surface area contributed by atoms with Crippen molar-refractivity contribution in [3.05, 3.63) is 0 Å². The summed E-state index contributed by atoms with van der Waals surface area (Å²) in [5, 5.41) is 22.1. The van der Waals surface area contributed by atoms with E-state index in [1.807, 2.05) is 6.92 Å². The van der Waals surface area contributed by atoms with Crippen LogP contribution in [-0.2, 0) is 14.3 Å². The third kappa shape index (κ3) is 7.47. The first-order chi connectivity index (χ1) is 11.5. The van der Waals surface area contributed by atoms with Crippen LogP contribution in [0.4, 0.5) is 0 Å². The number of aliphatic hydroxyl groups is 2. The summed E-state index contributed by atoms with van der Waals surface area (Å²) < 4.78 is 11.8. The zero-order valence-corrected chi connectivity index (χ0v) is 15.4. The number of unbranched alkanes of at least 4 members (excludes halogenated alkanes) is 3. The Labute approximate surface area is 145 Å². The molecule has 4 unspecified atom stereocenters. The van der Waals surface area contributed by atoms with Crippen molar-refractivity contribution in [1.82, 2.24) is 5.32 Å². The van der Waals surface area contributed by atoms with Crippen molar-refractivity contribution in [1.29, 1.82) is 0 Å². The quantitative estimate of drug-likeness (QED) is 0.555. The van der Waals surface area contributed by atoms with Crippen molar-refractivity contribution < 1.29 is 24.5 Å². The Kier molecular flexibility index (Phi) is 10.5. The van der Waals surface area contributed by atoms with Gasteiger partial charge in [-0.25, -0.2) is 0 Å². The molecule has 5 atom stereocenters. The van der Waals surface area contributed by atoms with Crippen LogP contribution in [0.15, 0.2) is 0 Å². The van der Waals surface area contributed by atoms with E-state index in [9.17, 15) is 9.90 Å². The summed E-state index contributed by atoms with van der Waals surface area (Å²) in [7, 11) is 0. The monoisotopic (exact) mass is 345 g/mol. The van der Waals surface area contributed by atoms with Gasteiger partial charge >= 0.3 is 0 Å². The van der Waals surface area contributed by atoms with E-state index in [1.165, 1.54) is 6.92 Å². The van der Waals surface area contributed by atoms with E-state index in [0.717, 1.165) is 32.1 Å². The van der Waals surface area contributed by atoms with Crippen molar-refractivity contribution >= 4 is 5.91 Å². The Morgan fingerprint density at radius 1 is 1.29 bits per heavy atom. The van der Waals surface area contributed by atoms with Gasteiger partial charge in [0.1, 0.15) is 0 Å². The summed E-state index contributed by atoms with van der Waals surface area (Å²) >= 11 is 0. The van der Waals surface area contributed by atoms with Crippen molar-refractivity contribution in [2.75, 3.05) is 19.8 Å². The maximum Gasteiger partial charge on any atom is 0.217 e. The topological polar surface area (TPSA) is 88.0 Å². The Balaban J connectivity index is 2.59. The molecule has 1 amide bonds. The lowest BCUT2D eigenvalue weighted by atomic mass is 9.84. The second-order valence-electron chi connectivity index (χ2n) is 6.85. The number of amides is 1. The summed E-state index contributed by atoms with van der Waals surface area (Å²) in [5.74, 6) is 0.271. The molecule has 24 heavy (non-hydrogen) atoms. The molecular formula is C18H35NO5. The SMILES string of the molecule is CCC1COC(OCCCCCCO)C(NC(C)=O)CC(O)[C@H]1C. The Hall–Kier alpha value is -0.690. The number of nitrogens with one attached hydrogen (secondary N) is 1. The Morgan fingerprint density at radius 3 is 2.62 bits per heavy atom. The number of hydrogen-bond donors (Lipinski definition) is 3. The summed E-state index contributed by atoms with van der Waals surface area (Å²) in [6.07, 6.45) is 4.06. The fourth-order valence-corrected chi connectivity index (χ4v) is 3.20. The number of carbonyl (C=O) groups is 1. The van der Waals surface area contributed by atoms with E-state index in [2.05, 4.69) is 12.2 Å². The largest absolute Gasteiger partial charge is 0.396 e. The van der Waals surface area contributed by atoms with E-state index in [0.29, 0.717) is 19.6 Å². The van der Waals surface area contributed by atoms with Gasteiger partial charge in [-0.3, -0.25) is 4.79 Å². The van der Waals surface area contributed by atoms with Gasteiger partial charge in [-0.2, -0.15) is 0 Å². The molecule has 1 aliphatic rings. The lowest BCUT2D eigenvalue weighted by molar-refractivity contribution is -0.188. The first-order valence-electron chi connectivity index (χ1n) is 9.28. The Bertz CT molecular complexity index is 352. The maximum atomic E-state index is 11.5. The minimum Gasteiger partial charge on any atom is -0.396 e. The van der Waals surface area contributed by atoms with Crippen LogP contribution >= 0.6 is 0 Å². The minimum atomic E-state index is -0.525. The van der Waals surface area contributed by atoms with E-state index < -0.39 is 12.4 Å². The van der Waals surface area contributed by atoms with Gasteiger partial charge in [0.2, 0.25) is 5.91 Å². The van der Waals surface area contributed by atoms with Gasteiger partial charge in [0, 0.05) is 20.1 Å². The summed E-state index contributed by atoms with van der Waals surface area (Å²) in [5.41, 5.74) is 0. The predicted octanol–water partition coefficient (Wildman–Crippen LogP) is 1.83. The van der Waals surface area contributed by atoms with Crippen LogP contribution in [0.2, 0.25) is 0 Å². The molecule has 6 nitrogen and oxygen atoms in total. The molecule has 1 heterocycles. The summed E-state index contributed by atoms with van der Waals surface area (Å²) in [6.45, 7) is 6.91. The molecule has 1 aliphatic heterocycles. The van der Waals surface area contributed by atoms with Crippen LogP contribution in [0, 0.1) is 11.8 Å². The number of ether oxygens (including phenoxy) is 2. The zero-order chi connectivity index (χ0) is 17.9. The molecule has 6 heteroatoms. The van der Waals surface area contributed by atoms with Crippen molar-refractivity contribution in [3.63, 3.8) is 0 Å². The number of hydrogen-bond acceptors (Lipinski definition) is 5. The van der Waals surface area contributed by atoms with Crippen LogP contribution in [0.5, 0.6) is 0 Å². The normalized spacial score (nSPS) is 31.3. The summed E-state index contributed by atoms with van der Waals surface area (Å²) in [4.78, 5) is 11.5. The molecule has 1 saturated heterocycles.